The summed E-state index contributed by atoms with van der Waals surface area (Å²) in [6.07, 6.45) is 0. The van der Waals surface area contributed by atoms with Crippen LogP contribution in [0.1, 0.15) is 21.5 Å². The summed E-state index contributed by atoms with van der Waals surface area (Å²) in [7, 11) is 0. The average Bonchev–Trinajstić information content (AvgIpc) is 2.41. The lowest BCUT2D eigenvalue weighted by atomic mass is 10.1. The molecule has 2 aromatic rings. The number of nitrogens with one attached hydrogen (secondary N) is 1. The molecular weight excluding hydrogens is 276 g/mol. The molecule has 0 aliphatic carbocycles. The van der Waals surface area contributed by atoms with Gasteiger partial charge in [0.25, 0.3) is 0 Å². The van der Waals surface area contributed by atoms with Gasteiger partial charge in [-0.15, -0.1) is 0 Å². The largest absolute Gasteiger partial charge is 0.478 e. The predicted molar refractivity (Wildman–Crippen MR) is 77.6 cm³/mol. The molecule has 0 heterocycles. The van der Waals surface area contributed by atoms with E-state index < -0.39 is 5.97 Å². The zero-order valence-corrected chi connectivity index (χ0v) is 11.4. The van der Waals surface area contributed by atoms with Crippen LogP contribution >= 0.6 is 11.6 Å². The van der Waals surface area contributed by atoms with Crippen LogP contribution in [-0.4, -0.2) is 11.1 Å². The Morgan fingerprint density at radius 2 is 2.05 bits per heavy atom. The van der Waals surface area contributed by atoms with E-state index >= 15 is 0 Å². The zero-order valence-electron chi connectivity index (χ0n) is 10.6. The summed E-state index contributed by atoms with van der Waals surface area (Å²) < 4.78 is 0. The first-order valence-corrected chi connectivity index (χ1v) is 6.19. The lowest BCUT2D eigenvalue weighted by Crippen LogP contribution is -2.01. The van der Waals surface area contributed by atoms with Gasteiger partial charge in [-0.3, -0.25) is 0 Å². The minimum Gasteiger partial charge on any atom is -0.478 e. The van der Waals surface area contributed by atoms with Gasteiger partial charge in [-0.2, -0.15) is 5.26 Å². The maximum atomic E-state index is 11.1. The fourth-order valence-corrected chi connectivity index (χ4v) is 1.98. The van der Waals surface area contributed by atoms with Crippen molar-refractivity contribution in [2.75, 3.05) is 5.32 Å². The van der Waals surface area contributed by atoms with Gasteiger partial charge in [-0.05, 0) is 42.8 Å². The Kier molecular flexibility index (Phi) is 3.92. The molecule has 0 spiro atoms. The number of aromatic carboxylic acids is 1. The van der Waals surface area contributed by atoms with Crippen LogP contribution in [0, 0.1) is 18.3 Å². The maximum absolute atomic E-state index is 11.1. The molecule has 20 heavy (non-hydrogen) atoms. The van der Waals surface area contributed by atoms with E-state index in [1.165, 1.54) is 6.07 Å². The smallest absolute Gasteiger partial charge is 0.336 e. The molecular formula is C15H11ClN2O2. The van der Waals surface area contributed by atoms with Gasteiger partial charge in [0, 0.05) is 10.7 Å². The molecule has 0 aliphatic heterocycles. The summed E-state index contributed by atoms with van der Waals surface area (Å²) >= 11 is 5.90. The number of benzene rings is 2. The Bertz CT molecular complexity index is 720. The fourth-order valence-electron chi connectivity index (χ4n) is 1.80. The number of halogens is 1. The van der Waals surface area contributed by atoms with E-state index in [1.807, 2.05) is 0 Å². The van der Waals surface area contributed by atoms with Gasteiger partial charge in [0.15, 0.2) is 0 Å². The third kappa shape index (κ3) is 2.90. The number of hydrogen-bond donors (Lipinski definition) is 2. The molecule has 0 aromatic heterocycles. The van der Waals surface area contributed by atoms with E-state index in [2.05, 4.69) is 11.4 Å². The molecule has 0 unspecified atom stereocenters. The first-order valence-electron chi connectivity index (χ1n) is 5.82. The van der Waals surface area contributed by atoms with E-state index in [9.17, 15) is 4.79 Å². The Morgan fingerprint density at radius 3 is 2.70 bits per heavy atom. The van der Waals surface area contributed by atoms with Crippen molar-refractivity contribution in [2.45, 2.75) is 6.92 Å². The van der Waals surface area contributed by atoms with E-state index in [0.717, 1.165) is 0 Å². The normalized spacial score (nSPS) is 9.85. The van der Waals surface area contributed by atoms with Gasteiger partial charge in [0.1, 0.15) is 6.07 Å². The van der Waals surface area contributed by atoms with Crippen molar-refractivity contribution < 1.29 is 9.90 Å². The number of hydrogen-bond acceptors (Lipinski definition) is 3. The third-order valence-corrected chi connectivity index (χ3v) is 3.08. The summed E-state index contributed by atoms with van der Waals surface area (Å²) in [6.45, 7) is 1.73. The van der Waals surface area contributed by atoms with Crippen molar-refractivity contribution in [3.8, 4) is 6.07 Å². The molecule has 0 fully saturated rings. The number of aryl methyl sites for hydroxylation is 1. The van der Waals surface area contributed by atoms with Crippen molar-refractivity contribution in [1.29, 1.82) is 5.26 Å². The second-order valence-electron chi connectivity index (χ2n) is 4.26. The van der Waals surface area contributed by atoms with Crippen LogP contribution in [0.4, 0.5) is 11.4 Å². The summed E-state index contributed by atoms with van der Waals surface area (Å²) in [6, 6.07) is 11.9. The number of rotatable bonds is 3. The van der Waals surface area contributed by atoms with Crippen molar-refractivity contribution in [3.05, 3.63) is 58.1 Å². The standard InChI is InChI=1S/C15H11ClN2O2/c1-9-2-5-12(7-13(9)15(19)20)18-14-6-11(16)4-3-10(14)8-17/h2-7,18H,1H3,(H,19,20). The number of carboxylic acids is 1. The van der Waals surface area contributed by atoms with E-state index in [4.69, 9.17) is 22.0 Å². The first-order chi connectivity index (χ1) is 9.51. The van der Waals surface area contributed by atoms with Crippen LogP contribution in [0.3, 0.4) is 0 Å². The molecule has 0 aliphatic rings. The predicted octanol–water partition coefficient (Wildman–Crippen LogP) is 3.96. The highest BCUT2D eigenvalue weighted by Gasteiger charge is 2.09. The molecule has 0 saturated heterocycles. The highest BCUT2D eigenvalue weighted by atomic mass is 35.5. The minimum absolute atomic E-state index is 0.218. The number of nitrogens with zero attached hydrogens (tertiary/aromatic N) is 1. The monoisotopic (exact) mass is 286 g/mol. The summed E-state index contributed by atoms with van der Waals surface area (Å²) in [5.74, 6) is -0.988. The van der Waals surface area contributed by atoms with Crippen molar-refractivity contribution in [3.63, 3.8) is 0 Å². The quantitative estimate of drug-likeness (QED) is 0.895. The van der Waals surface area contributed by atoms with Crippen LogP contribution < -0.4 is 5.32 Å². The van der Waals surface area contributed by atoms with Crippen molar-refractivity contribution in [2.24, 2.45) is 0 Å². The average molecular weight is 287 g/mol. The lowest BCUT2D eigenvalue weighted by Gasteiger charge is -2.10. The van der Waals surface area contributed by atoms with Crippen molar-refractivity contribution >= 4 is 28.9 Å². The summed E-state index contributed by atoms with van der Waals surface area (Å²) in [5.41, 5.74) is 2.46. The third-order valence-electron chi connectivity index (χ3n) is 2.85. The molecule has 5 heteroatoms. The van der Waals surface area contributed by atoms with Gasteiger partial charge in [0.05, 0.1) is 16.8 Å². The molecule has 0 atom stereocenters. The number of nitriles is 1. The molecule has 0 amide bonds. The van der Waals surface area contributed by atoms with Gasteiger partial charge < -0.3 is 10.4 Å². The highest BCUT2D eigenvalue weighted by molar-refractivity contribution is 6.30. The Balaban J connectivity index is 2.40. The molecule has 100 valence electrons. The fraction of sp³-hybridized carbons (Fsp3) is 0.0667. The van der Waals surface area contributed by atoms with Gasteiger partial charge in [-0.1, -0.05) is 17.7 Å². The lowest BCUT2D eigenvalue weighted by molar-refractivity contribution is 0.0696. The summed E-state index contributed by atoms with van der Waals surface area (Å²) in [4.78, 5) is 11.1. The molecule has 4 nitrogen and oxygen atoms in total. The molecule has 0 saturated carbocycles. The van der Waals surface area contributed by atoms with E-state index in [1.54, 1.807) is 37.3 Å². The Morgan fingerprint density at radius 1 is 1.30 bits per heavy atom. The van der Waals surface area contributed by atoms with Gasteiger partial charge in [0.2, 0.25) is 0 Å². The SMILES string of the molecule is Cc1ccc(Nc2cc(Cl)ccc2C#N)cc1C(=O)O. The Hall–Kier alpha value is -2.51. The zero-order chi connectivity index (χ0) is 14.7. The molecule has 2 rings (SSSR count). The topological polar surface area (TPSA) is 73.1 Å². The molecule has 0 bridgehead atoms. The van der Waals surface area contributed by atoms with Crippen LogP contribution in [0.2, 0.25) is 5.02 Å². The molecule has 2 aromatic carbocycles. The number of carbonyl (C=O) groups is 1. The van der Waals surface area contributed by atoms with E-state index in [0.29, 0.717) is 27.5 Å². The minimum atomic E-state index is -0.988. The van der Waals surface area contributed by atoms with Crippen LogP contribution in [0.5, 0.6) is 0 Å². The summed E-state index contributed by atoms with van der Waals surface area (Å²) in [5, 5.41) is 21.7. The van der Waals surface area contributed by atoms with Crippen LogP contribution in [0.15, 0.2) is 36.4 Å². The van der Waals surface area contributed by atoms with E-state index in [-0.39, 0.29) is 5.56 Å². The highest BCUT2D eigenvalue weighted by Crippen LogP contribution is 2.25. The first kappa shape index (κ1) is 13.9. The number of carboxylic acid groups (broad SMARTS) is 1. The molecule has 0 radical (unpaired) electrons. The second-order valence-corrected chi connectivity index (χ2v) is 4.70. The second kappa shape index (κ2) is 5.64. The van der Waals surface area contributed by atoms with Gasteiger partial charge in [-0.25, -0.2) is 4.79 Å². The maximum Gasteiger partial charge on any atom is 0.336 e. The van der Waals surface area contributed by atoms with Gasteiger partial charge >= 0.3 is 5.97 Å². The number of anilines is 2. The van der Waals surface area contributed by atoms with Crippen LogP contribution in [-0.2, 0) is 0 Å². The Labute approximate surface area is 121 Å². The van der Waals surface area contributed by atoms with Crippen LogP contribution in [0.25, 0.3) is 0 Å². The van der Waals surface area contributed by atoms with Crippen molar-refractivity contribution in [1.82, 2.24) is 0 Å². The molecule has 2 N–H and O–H groups in total.